The molecule has 0 amide bonds. The number of aryl methyl sites for hydroxylation is 4. The second-order valence-electron chi connectivity index (χ2n) is 7.25. The van der Waals surface area contributed by atoms with Crippen LogP contribution in [0.2, 0.25) is 0 Å². The average molecular weight is 408 g/mol. The van der Waals surface area contributed by atoms with Crippen LogP contribution in [0.4, 0.5) is 0 Å². The molecule has 1 fully saturated rings. The van der Waals surface area contributed by atoms with E-state index in [0.29, 0.717) is 29.8 Å². The number of nitrogens with zero attached hydrogens (tertiary/aromatic N) is 5. The van der Waals surface area contributed by atoms with Crippen molar-refractivity contribution in [1.29, 1.82) is 0 Å². The van der Waals surface area contributed by atoms with Crippen molar-refractivity contribution >= 4 is 23.4 Å². The maximum absolute atomic E-state index is 12.2. The van der Waals surface area contributed by atoms with Gasteiger partial charge in [-0.25, -0.2) is 4.98 Å². The molecule has 1 saturated heterocycles. The highest BCUT2D eigenvalue weighted by Gasteiger charge is 2.25. The number of rotatable bonds is 4. The fourth-order valence-corrected chi connectivity index (χ4v) is 3.85. The Morgan fingerprint density at radius 3 is 2.75 bits per heavy atom. The lowest BCUT2D eigenvalue weighted by Gasteiger charge is -2.30. The van der Waals surface area contributed by atoms with Crippen LogP contribution in [0, 0.1) is 13.8 Å². The average Bonchev–Trinajstić information content (AvgIpc) is 3.20. The van der Waals surface area contributed by atoms with Crippen LogP contribution in [0.3, 0.4) is 0 Å². The number of nitrogens with one attached hydrogen (secondary N) is 2. The van der Waals surface area contributed by atoms with Crippen LogP contribution in [-0.4, -0.2) is 56.5 Å². The molecule has 3 aromatic heterocycles. The minimum Gasteiger partial charge on any atom is -0.339 e. The van der Waals surface area contributed by atoms with Gasteiger partial charge in [-0.15, -0.1) is 12.4 Å². The zero-order valence-electron chi connectivity index (χ0n) is 16.6. The van der Waals surface area contributed by atoms with Crippen LogP contribution in [0.5, 0.6) is 0 Å². The number of halogens is 1. The molecule has 0 radical (unpaired) electrons. The SMILES string of the molecule is Cc1nc2c(c(C)c1CCc1nc(C3CNCCN3C)no1)c(=O)[nH]n2C.Cl. The number of piperazine rings is 1. The lowest BCUT2D eigenvalue weighted by Crippen LogP contribution is -2.44. The van der Waals surface area contributed by atoms with Crippen molar-refractivity contribution in [2.45, 2.75) is 32.7 Å². The Morgan fingerprint density at radius 1 is 1.21 bits per heavy atom. The lowest BCUT2D eigenvalue weighted by atomic mass is 10.0. The first-order chi connectivity index (χ1) is 13.0. The summed E-state index contributed by atoms with van der Waals surface area (Å²) in [5.41, 5.74) is 3.54. The van der Waals surface area contributed by atoms with Crippen molar-refractivity contribution in [2.75, 3.05) is 26.7 Å². The standard InChI is InChI=1S/C18H25N7O2.ClH/c1-10-12(11(2)20-17-15(10)18(26)22-25(17)4)5-6-14-21-16(23-27-14)13-9-19-7-8-24(13)3;/h13,19H,5-9H2,1-4H3,(H,22,26);1H. The summed E-state index contributed by atoms with van der Waals surface area (Å²) in [5, 5.41) is 11.0. The van der Waals surface area contributed by atoms with Gasteiger partial charge in [-0.1, -0.05) is 5.16 Å². The molecule has 9 nitrogen and oxygen atoms in total. The number of H-pyrrole nitrogens is 1. The highest BCUT2D eigenvalue weighted by Crippen LogP contribution is 2.22. The van der Waals surface area contributed by atoms with Crippen LogP contribution in [-0.2, 0) is 19.9 Å². The molecule has 0 spiro atoms. The topological polar surface area (TPSA) is 105 Å². The van der Waals surface area contributed by atoms with Gasteiger partial charge >= 0.3 is 0 Å². The van der Waals surface area contributed by atoms with E-state index in [-0.39, 0.29) is 24.0 Å². The third-order valence-corrected chi connectivity index (χ3v) is 5.46. The number of hydrogen-bond acceptors (Lipinski definition) is 7. The molecule has 1 aliphatic heterocycles. The van der Waals surface area contributed by atoms with E-state index < -0.39 is 0 Å². The van der Waals surface area contributed by atoms with Gasteiger partial charge in [0.05, 0.1) is 11.4 Å². The third kappa shape index (κ3) is 3.57. The minimum absolute atomic E-state index is 0. The Morgan fingerprint density at radius 2 is 2.00 bits per heavy atom. The number of hydrogen-bond donors (Lipinski definition) is 2. The number of aromatic amines is 1. The first-order valence-electron chi connectivity index (χ1n) is 9.24. The van der Waals surface area contributed by atoms with E-state index >= 15 is 0 Å². The van der Waals surface area contributed by atoms with Gasteiger partial charge in [0.25, 0.3) is 5.56 Å². The predicted octanol–water partition coefficient (Wildman–Crippen LogP) is 1.04. The molecule has 10 heteroatoms. The van der Waals surface area contributed by atoms with E-state index in [1.165, 1.54) is 0 Å². The molecule has 1 aliphatic rings. The third-order valence-electron chi connectivity index (χ3n) is 5.46. The van der Waals surface area contributed by atoms with Gasteiger partial charge in [-0.3, -0.25) is 19.5 Å². The molecular weight excluding hydrogens is 382 g/mol. The van der Waals surface area contributed by atoms with Gasteiger partial charge in [0, 0.05) is 38.8 Å². The molecule has 4 rings (SSSR count). The van der Waals surface area contributed by atoms with E-state index in [9.17, 15) is 4.79 Å². The highest BCUT2D eigenvalue weighted by molar-refractivity contribution is 5.85. The Bertz CT molecular complexity index is 1040. The summed E-state index contributed by atoms with van der Waals surface area (Å²) in [6.07, 6.45) is 1.33. The first kappa shape index (κ1) is 20.5. The smallest absolute Gasteiger partial charge is 0.273 e. The van der Waals surface area contributed by atoms with Crippen molar-refractivity contribution < 1.29 is 4.52 Å². The van der Waals surface area contributed by atoms with Crippen LogP contribution in [0.1, 0.15) is 34.6 Å². The monoisotopic (exact) mass is 407 g/mol. The molecule has 0 aromatic carbocycles. The number of pyridine rings is 1. The molecule has 28 heavy (non-hydrogen) atoms. The maximum atomic E-state index is 12.2. The molecule has 152 valence electrons. The lowest BCUT2D eigenvalue weighted by molar-refractivity contribution is 0.190. The van der Waals surface area contributed by atoms with Crippen molar-refractivity contribution in [1.82, 2.24) is 35.1 Å². The fourth-order valence-electron chi connectivity index (χ4n) is 3.85. The van der Waals surface area contributed by atoms with Crippen molar-refractivity contribution in [2.24, 2.45) is 7.05 Å². The molecular formula is C18H26ClN7O2. The molecule has 2 N–H and O–H groups in total. The molecule has 1 atom stereocenters. The minimum atomic E-state index is -0.105. The molecule has 0 saturated carbocycles. The van der Waals surface area contributed by atoms with E-state index in [4.69, 9.17) is 4.52 Å². The van der Waals surface area contributed by atoms with Gasteiger partial charge in [-0.2, -0.15) is 4.98 Å². The summed E-state index contributed by atoms with van der Waals surface area (Å²) in [7, 11) is 3.87. The summed E-state index contributed by atoms with van der Waals surface area (Å²) in [5.74, 6) is 1.34. The summed E-state index contributed by atoms with van der Waals surface area (Å²) in [6.45, 7) is 6.71. The normalized spacial score (nSPS) is 17.8. The van der Waals surface area contributed by atoms with Crippen LogP contribution in [0.15, 0.2) is 9.32 Å². The van der Waals surface area contributed by atoms with Crippen molar-refractivity contribution in [3.05, 3.63) is 38.9 Å². The summed E-state index contributed by atoms with van der Waals surface area (Å²) < 4.78 is 7.14. The second kappa shape index (κ2) is 8.02. The van der Waals surface area contributed by atoms with E-state index in [2.05, 4.69) is 37.5 Å². The Labute approximate surface area is 168 Å². The van der Waals surface area contributed by atoms with E-state index in [1.807, 2.05) is 13.8 Å². The highest BCUT2D eigenvalue weighted by atomic mass is 35.5. The second-order valence-corrected chi connectivity index (χ2v) is 7.25. The Kier molecular flexibility index (Phi) is 5.87. The largest absolute Gasteiger partial charge is 0.339 e. The summed E-state index contributed by atoms with van der Waals surface area (Å²) in [4.78, 5) is 23.6. The van der Waals surface area contributed by atoms with Crippen LogP contribution < -0.4 is 10.9 Å². The van der Waals surface area contributed by atoms with Gasteiger partial charge in [0.2, 0.25) is 5.89 Å². The van der Waals surface area contributed by atoms with E-state index in [1.54, 1.807) is 11.7 Å². The first-order valence-corrected chi connectivity index (χ1v) is 9.24. The van der Waals surface area contributed by atoms with Crippen LogP contribution in [0.25, 0.3) is 11.0 Å². The maximum Gasteiger partial charge on any atom is 0.273 e. The quantitative estimate of drug-likeness (QED) is 0.665. The van der Waals surface area contributed by atoms with Crippen molar-refractivity contribution in [3.63, 3.8) is 0 Å². The fraction of sp³-hybridized carbons (Fsp3) is 0.556. The Hall–Kier alpha value is -2.23. The number of aromatic nitrogens is 5. The summed E-state index contributed by atoms with van der Waals surface area (Å²) >= 11 is 0. The Balaban J connectivity index is 0.00000225. The van der Waals surface area contributed by atoms with Crippen LogP contribution >= 0.6 is 12.4 Å². The van der Waals surface area contributed by atoms with Gasteiger partial charge in [-0.05, 0) is 38.4 Å². The molecule has 3 aromatic rings. The zero-order valence-corrected chi connectivity index (χ0v) is 17.4. The van der Waals surface area contributed by atoms with Gasteiger partial charge in [0.1, 0.15) is 0 Å². The molecule has 4 heterocycles. The molecule has 1 unspecified atom stereocenters. The molecule has 0 aliphatic carbocycles. The zero-order chi connectivity index (χ0) is 19.1. The van der Waals surface area contributed by atoms with E-state index in [0.717, 1.165) is 42.3 Å². The molecule has 0 bridgehead atoms. The van der Waals surface area contributed by atoms with Gasteiger partial charge < -0.3 is 9.84 Å². The van der Waals surface area contributed by atoms with Crippen molar-refractivity contribution in [3.8, 4) is 0 Å². The summed E-state index contributed by atoms with van der Waals surface area (Å²) in [6, 6.07) is 0.139. The number of likely N-dealkylation sites (N-methyl/N-ethyl adjacent to an activating group) is 1. The predicted molar refractivity (Wildman–Crippen MR) is 108 cm³/mol. The van der Waals surface area contributed by atoms with Gasteiger partial charge in [0.15, 0.2) is 11.5 Å². The number of fused-ring (bicyclic) bond motifs is 1.